The molecule has 1 aromatic carbocycles. The second-order valence-electron chi connectivity index (χ2n) is 2.97. The Kier molecular flexibility index (Phi) is 3.83. The molecule has 2 nitrogen and oxygen atoms in total. The Labute approximate surface area is 81.7 Å². The van der Waals surface area contributed by atoms with Gasteiger partial charge in [-0.2, -0.15) is 8.78 Å². The van der Waals surface area contributed by atoms with E-state index in [0.29, 0.717) is 0 Å². The average molecular weight is 201 g/mol. The Morgan fingerprint density at radius 3 is 2.71 bits per heavy atom. The largest absolute Gasteiger partial charge is 0.435 e. The number of hydrogen-bond donors (Lipinski definition) is 1. The Hall–Kier alpha value is -1.16. The highest BCUT2D eigenvalue weighted by molar-refractivity contribution is 5.30. The smallest absolute Gasteiger partial charge is 0.387 e. The summed E-state index contributed by atoms with van der Waals surface area (Å²) >= 11 is 0. The molecule has 2 N–H and O–H groups in total. The molecule has 0 unspecified atom stereocenters. The summed E-state index contributed by atoms with van der Waals surface area (Å²) in [5, 5.41) is 0. The molecule has 0 saturated carbocycles. The first-order valence-corrected chi connectivity index (χ1v) is 4.43. The molecule has 1 rings (SSSR count). The molecule has 0 heterocycles. The van der Waals surface area contributed by atoms with E-state index in [2.05, 4.69) is 4.74 Å². The third-order valence-electron chi connectivity index (χ3n) is 1.95. The highest BCUT2D eigenvalue weighted by Gasteiger charge is 2.07. The van der Waals surface area contributed by atoms with Gasteiger partial charge in [0.2, 0.25) is 0 Å². The standard InChI is InChI=1S/C10H13F2NO/c1-2-9(13)7-4-3-5-8(6-7)14-10(11)12/h3-6,9-10H,2,13H2,1H3/t9-/m0/s1. The van der Waals surface area contributed by atoms with Gasteiger partial charge in [-0.05, 0) is 24.1 Å². The number of ether oxygens (including phenoxy) is 1. The van der Waals surface area contributed by atoms with Gasteiger partial charge in [-0.1, -0.05) is 19.1 Å². The van der Waals surface area contributed by atoms with Gasteiger partial charge in [0, 0.05) is 6.04 Å². The Bertz CT molecular complexity index is 291. The van der Waals surface area contributed by atoms with E-state index in [9.17, 15) is 8.78 Å². The van der Waals surface area contributed by atoms with E-state index < -0.39 is 6.61 Å². The molecule has 0 aromatic heterocycles. The van der Waals surface area contributed by atoms with Crippen LogP contribution >= 0.6 is 0 Å². The monoisotopic (exact) mass is 201 g/mol. The second-order valence-corrected chi connectivity index (χ2v) is 2.97. The van der Waals surface area contributed by atoms with E-state index in [0.717, 1.165) is 12.0 Å². The SMILES string of the molecule is CC[C@H](N)c1cccc(OC(F)F)c1. The van der Waals surface area contributed by atoms with Crippen LogP contribution in [0.2, 0.25) is 0 Å². The van der Waals surface area contributed by atoms with E-state index in [1.807, 2.05) is 6.92 Å². The van der Waals surface area contributed by atoms with Crippen molar-refractivity contribution in [1.29, 1.82) is 0 Å². The molecule has 78 valence electrons. The van der Waals surface area contributed by atoms with Gasteiger partial charge in [0.05, 0.1) is 0 Å². The molecule has 0 bridgehead atoms. The number of alkyl halides is 2. The van der Waals surface area contributed by atoms with Crippen molar-refractivity contribution in [1.82, 2.24) is 0 Å². The maximum absolute atomic E-state index is 11.9. The molecular weight excluding hydrogens is 188 g/mol. The minimum Gasteiger partial charge on any atom is -0.435 e. The van der Waals surface area contributed by atoms with Crippen LogP contribution < -0.4 is 10.5 Å². The molecule has 1 atom stereocenters. The summed E-state index contributed by atoms with van der Waals surface area (Å²) < 4.78 is 28.0. The van der Waals surface area contributed by atoms with Gasteiger partial charge < -0.3 is 10.5 Å². The molecule has 0 aliphatic heterocycles. The number of nitrogens with two attached hydrogens (primary N) is 1. The van der Waals surface area contributed by atoms with Crippen LogP contribution in [0.4, 0.5) is 8.78 Å². The van der Waals surface area contributed by atoms with Crippen LogP contribution in [0.25, 0.3) is 0 Å². The van der Waals surface area contributed by atoms with Crippen molar-refractivity contribution in [3.05, 3.63) is 29.8 Å². The Balaban J connectivity index is 2.78. The topological polar surface area (TPSA) is 35.2 Å². The van der Waals surface area contributed by atoms with Crippen LogP contribution in [-0.4, -0.2) is 6.61 Å². The number of hydrogen-bond acceptors (Lipinski definition) is 2. The molecule has 0 aliphatic rings. The van der Waals surface area contributed by atoms with Crippen molar-refractivity contribution in [3.8, 4) is 5.75 Å². The maximum Gasteiger partial charge on any atom is 0.387 e. The molecule has 0 spiro atoms. The summed E-state index contributed by atoms with van der Waals surface area (Å²) in [7, 11) is 0. The van der Waals surface area contributed by atoms with Crippen molar-refractivity contribution < 1.29 is 13.5 Å². The minimum atomic E-state index is -2.79. The van der Waals surface area contributed by atoms with Gasteiger partial charge in [-0.3, -0.25) is 0 Å². The van der Waals surface area contributed by atoms with Gasteiger partial charge in [0.15, 0.2) is 0 Å². The first-order chi connectivity index (χ1) is 6.63. The zero-order chi connectivity index (χ0) is 10.6. The first kappa shape index (κ1) is 10.9. The lowest BCUT2D eigenvalue weighted by Crippen LogP contribution is -2.09. The van der Waals surface area contributed by atoms with E-state index in [4.69, 9.17) is 5.73 Å². The molecule has 14 heavy (non-hydrogen) atoms. The van der Waals surface area contributed by atoms with Crippen molar-refractivity contribution in [3.63, 3.8) is 0 Å². The Morgan fingerprint density at radius 2 is 2.14 bits per heavy atom. The van der Waals surface area contributed by atoms with E-state index >= 15 is 0 Å². The Morgan fingerprint density at radius 1 is 1.43 bits per heavy atom. The lowest BCUT2D eigenvalue weighted by Gasteiger charge is -2.11. The fraction of sp³-hybridized carbons (Fsp3) is 0.400. The third-order valence-corrected chi connectivity index (χ3v) is 1.95. The molecular formula is C10H13F2NO. The van der Waals surface area contributed by atoms with Crippen molar-refractivity contribution in [2.75, 3.05) is 0 Å². The zero-order valence-corrected chi connectivity index (χ0v) is 7.91. The summed E-state index contributed by atoms with van der Waals surface area (Å²) in [6.07, 6.45) is 0.762. The van der Waals surface area contributed by atoms with Gasteiger partial charge in [-0.25, -0.2) is 0 Å². The van der Waals surface area contributed by atoms with Crippen molar-refractivity contribution >= 4 is 0 Å². The molecule has 0 aliphatic carbocycles. The van der Waals surface area contributed by atoms with Crippen LogP contribution in [-0.2, 0) is 0 Å². The third kappa shape index (κ3) is 2.96. The first-order valence-electron chi connectivity index (χ1n) is 4.43. The van der Waals surface area contributed by atoms with E-state index in [-0.39, 0.29) is 11.8 Å². The molecule has 0 fully saturated rings. The fourth-order valence-corrected chi connectivity index (χ4v) is 1.16. The number of benzene rings is 1. The summed E-state index contributed by atoms with van der Waals surface area (Å²) in [6, 6.07) is 6.35. The fourth-order valence-electron chi connectivity index (χ4n) is 1.16. The quantitative estimate of drug-likeness (QED) is 0.812. The predicted octanol–water partition coefficient (Wildman–Crippen LogP) is 2.70. The summed E-state index contributed by atoms with van der Waals surface area (Å²) in [4.78, 5) is 0. The molecule has 0 amide bonds. The lowest BCUT2D eigenvalue weighted by molar-refractivity contribution is -0.0498. The lowest BCUT2D eigenvalue weighted by atomic mass is 10.1. The van der Waals surface area contributed by atoms with Crippen LogP contribution in [0, 0.1) is 0 Å². The second kappa shape index (κ2) is 4.91. The number of halogens is 2. The van der Waals surface area contributed by atoms with Crippen LogP contribution in [0.5, 0.6) is 5.75 Å². The van der Waals surface area contributed by atoms with Gasteiger partial charge in [0.1, 0.15) is 5.75 Å². The van der Waals surface area contributed by atoms with Gasteiger partial charge >= 0.3 is 6.61 Å². The zero-order valence-electron chi connectivity index (χ0n) is 7.91. The van der Waals surface area contributed by atoms with Gasteiger partial charge in [0.25, 0.3) is 0 Å². The minimum absolute atomic E-state index is 0.128. The highest BCUT2D eigenvalue weighted by Crippen LogP contribution is 2.20. The molecule has 4 heteroatoms. The van der Waals surface area contributed by atoms with Gasteiger partial charge in [-0.15, -0.1) is 0 Å². The molecule has 1 aromatic rings. The maximum atomic E-state index is 11.9. The summed E-state index contributed by atoms with van der Waals surface area (Å²) in [5.41, 5.74) is 6.56. The normalized spacial score (nSPS) is 12.9. The van der Waals surface area contributed by atoms with Crippen LogP contribution in [0.1, 0.15) is 24.9 Å². The highest BCUT2D eigenvalue weighted by atomic mass is 19.3. The van der Waals surface area contributed by atoms with E-state index in [1.165, 1.54) is 6.07 Å². The van der Waals surface area contributed by atoms with Crippen molar-refractivity contribution in [2.24, 2.45) is 5.73 Å². The van der Waals surface area contributed by atoms with Crippen molar-refractivity contribution in [2.45, 2.75) is 26.0 Å². The van der Waals surface area contributed by atoms with Crippen LogP contribution in [0.3, 0.4) is 0 Å². The molecule has 0 radical (unpaired) electrons. The summed E-state index contributed by atoms with van der Waals surface area (Å²) in [5.74, 6) is 0.154. The summed E-state index contributed by atoms with van der Waals surface area (Å²) in [6.45, 7) is -0.853. The van der Waals surface area contributed by atoms with Crippen LogP contribution in [0.15, 0.2) is 24.3 Å². The number of rotatable bonds is 4. The average Bonchev–Trinajstić information content (AvgIpc) is 2.16. The predicted molar refractivity (Wildman–Crippen MR) is 50.3 cm³/mol. The van der Waals surface area contributed by atoms with E-state index in [1.54, 1.807) is 18.2 Å². The molecule has 0 saturated heterocycles.